The van der Waals surface area contributed by atoms with Crippen LogP contribution in [-0.2, 0) is 16.0 Å². The minimum atomic E-state index is -0.849. The third-order valence-corrected chi connectivity index (χ3v) is 3.86. The molecule has 0 aliphatic heterocycles. The molecule has 0 atom stereocenters. The van der Waals surface area contributed by atoms with E-state index < -0.39 is 11.8 Å². The number of nitrogens with one attached hydrogen (secondary N) is 2. The Hall–Kier alpha value is -2.66. The van der Waals surface area contributed by atoms with E-state index in [2.05, 4.69) is 22.8 Å². The molecule has 0 spiro atoms. The average Bonchev–Trinajstić information content (AvgIpc) is 2.62. The number of anilines is 1. The van der Waals surface area contributed by atoms with Gasteiger partial charge in [-0.2, -0.15) is 5.10 Å². The summed E-state index contributed by atoms with van der Waals surface area (Å²) in [7, 11) is 0. The highest BCUT2D eigenvalue weighted by Gasteiger charge is 2.12. The van der Waals surface area contributed by atoms with Crippen molar-refractivity contribution in [2.75, 3.05) is 5.32 Å². The van der Waals surface area contributed by atoms with E-state index in [4.69, 9.17) is 11.6 Å². The molecule has 0 fully saturated rings. The van der Waals surface area contributed by atoms with Crippen LogP contribution in [-0.4, -0.2) is 18.0 Å². The maximum atomic E-state index is 11.9. The molecule has 5 nitrogen and oxygen atoms in total. The van der Waals surface area contributed by atoms with E-state index >= 15 is 0 Å². The molecule has 0 heterocycles. The number of nitrogens with zero attached hydrogens (tertiary/aromatic N) is 1. The van der Waals surface area contributed by atoms with E-state index in [1.165, 1.54) is 11.8 Å². The van der Waals surface area contributed by atoms with Crippen molar-refractivity contribution in [3.8, 4) is 0 Å². The average molecular weight is 358 g/mol. The Kier molecular flexibility index (Phi) is 7.16. The van der Waals surface area contributed by atoms with Crippen molar-refractivity contribution in [1.82, 2.24) is 5.43 Å². The number of aryl methyl sites for hydroxylation is 1. The molecule has 2 amide bonds. The Labute approximate surface area is 152 Å². The van der Waals surface area contributed by atoms with Crippen molar-refractivity contribution >= 4 is 35.3 Å². The minimum Gasteiger partial charge on any atom is -0.318 e. The van der Waals surface area contributed by atoms with Crippen LogP contribution in [0.3, 0.4) is 0 Å². The molecule has 25 heavy (non-hydrogen) atoms. The first-order chi connectivity index (χ1) is 12.1. The molecule has 2 aromatic rings. The molecule has 2 rings (SSSR count). The molecule has 2 aromatic carbocycles. The fraction of sp³-hybridized carbons (Fsp3) is 0.211. The molecule has 0 aliphatic carbocycles. The zero-order chi connectivity index (χ0) is 18.1. The standard InChI is InChI=1S/C19H20ClN3O2/c1-2-3-6-14-9-11-16(12-10-14)22-18(24)19(25)23-21-13-15-7-4-5-8-17(15)20/h4-5,7-13H,2-3,6H2,1H3,(H,22,24)(H,23,25)/b21-13+. The van der Waals surface area contributed by atoms with Crippen molar-refractivity contribution in [3.63, 3.8) is 0 Å². The monoisotopic (exact) mass is 357 g/mol. The first kappa shape index (κ1) is 18.7. The fourth-order valence-corrected chi connectivity index (χ4v) is 2.30. The summed E-state index contributed by atoms with van der Waals surface area (Å²) in [6.07, 6.45) is 4.64. The van der Waals surface area contributed by atoms with E-state index in [9.17, 15) is 9.59 Å². The van der Waals surface area contributed by atoms with Crippen LogP contribution in [0.4, 0.5) is 5.69 Å². The van der Waals surface area contributed by atoms with Crippen molar-refractivity contribution in [1.29, 1.82) is 0 Å². The number of rotatable bonds is 6. The lowest BCUT2D eigenvalue weighted by Gasteiger charge is -2.05. The molecule has 130 valence electrons. The minimum absolute atomic E-state index is 0.508. The number of halogens is 1. The second-order valence-corrected chi connectivity index (χ2v) is 5.88. The molecular formula is C19H20ClN3O2. The Morgan fingerprint density at radius 3 is 2.48 bits per heavy atom. The zero-order valence-electron chi connectivity index (χ0n) is 14.0. The second kappa shape index (κ2) is 9.59. The van der Waals surface area contributed by atoms with Gasteiger partial charge in [-0.05, 0) is 36.6 Å². The lowest BCUT2D eigenvalue weighted by Crippen LogP contribution is -2.32. The number of hydrazone groups is 1. The third kappa shape index (κ3) is 6.04. The number of benzene rings is 2. The second-order valence-electron chi connectivity index (χ2n) is 5.48. The summed E-state index contributed by atoms with van der Waals surface area (Å²) in [5.74, 6) is -1.63. The topological polar surface area (TPSA) is 70.6 Å². The van der Waals surface area contributed by atoms with Gasteiger partial charge in [0.25, 0.3) is 0 Å². The maximum absolute atomic E-state index is 11.9. The fourth-order valence-electron chi connectivity index (χ4n) is 2.11. The smallest absolute Gasteiger partial charge is 0.318 e. The van der Waals surface area contributed by atoms with Crippen LogP contribution in [0.2, 0.25) is 5.02 Å². The van der Waals surface area contributed by atoms with Crippen molar-refractivity contribution in [3.05, 3.63) is 64.7 Å². The van der Waals surface area contributed by atoms with Crippen LogP contribution in [0.25, 0.3) is 0 Å². The summed E-state index contributed by atoms with van der Waals surface area (Å²) >= 11 is 5.97. The molecule has 0 saturated heterocycles. The number of unbranched alkanes of at least 4 members (excludes halogenated alkanes) is 1. The zero-order valence-corrected chi connectivity index (χ0v) is 14.7. The van der Waals surface area contributed by atoms with E-state index in [1.807, 2.05) is 12.1 Å². The molecule has 0 radical (unpaired) electrons. The quantitative estimate of drug-likeness (QED) is 0.469. The predicted molar refractivity (Wildman–Crippen MR) is 101 cm³/mol. The Balaban J connectivity index is 1.85. The first-order valence-electron chi connectivity index (χ1n) is 8.08. The lowest BCUT2D eigenvalue weighted by atomic mass is 10.1. The van der Waals surface area contributed by atoms with Gasteiger partial charge in [-0.3, -0.25) is 9.59 Å². The Morgan fingerprint density at radius 1 is 1.08 bits per heavy atom. The van der Waals surface area contributed by atoms with Gasteiger partial charge in [-0.15, -0.1) is 0 Å². The van der Waals surface area contributed by atoms with Crippen LogP contribution < -0.4 is 10.7 Å². The van der Waals surface area contributed by atoms with Crippen molar-refractivity contribution < 1.29 is 9.59 Å². The highest BCUT2D eigenvalue weighted by Crippen LogP contribution is 2.13. The molecule has 0 aliphatic rings. The summed E-state index contributed by atoms with van der Waals surface area (Å²) < 4.78 is 0. The van der Waals surface area contributed by atoms with Gasteiger partial charge in [0.2, 0.25) is 0 Å². The number of amides is 2. The van der Waals surface area contributed by atoms with Crippen LogP contribution in [0, 0.1) is 0 Å². The molecular weight excluding hydrogens is 338 g/mol. The van der Waals surface area contributed by atoms with Gasteiger partial charge >= 0.3 is 11.8 Å². The highest BCUT2D eigenvalue weighted by molar-refractivity contribution is 6.39. The summed E-state index contributed by atoms with van der Waals surface area (Å²) in [5, 5.41) is 6.78. The van der Waals surface area contributed by atoms with Crippen LogP contribution in [0.5, 0.6) is 0 Å². The van der Waals surface area contributed by atoms with Gasteiger partial charge in [-0.25, -0.2) is 5.43 Å². The maximum Gasteiger partial charge on any atom is 0.329 e. The van der Waals surface area contributed by atoms with E-state index in [-0.39, 0.29) is 0 Å². The molecule has 0 bridgehead atoms. The molecule has 0 unspecified atom stereocenters. The van der Waals surface area contributed by atoms with Gasteiger partial charge in [0, 0.05) is 16.3 Å². The molecule has 0 aromatic heterocycles. The summed E-state index contributed by atoms with van der Waals surface area (Å²) in [6.45, 7) is 2.14. The largest absolute Gasteiger partial charge is 0.329 e. The number of hydrogen-bond donors (Lipinski definition) is 2. The molecule has 2 N–H and O–H groups in total. The van der Waals surface area contributed by atoms with Crippen molar-refractivity contribution in [2.45, 2.75) is 26.2 Å². The van der Waals surface area contributed by atoms with Gasteiger partial charge in [0.05, 0.1) is 6.21 Å². The van der Waals surface area contributed by atoms with E-state index in [1.54, 1.807) is 36.4 Å². The number of carbonyl (C=O) groups excluding carboxylic acids is 2. The van der Waals surface area contributed by atoms with Crippen LogP contribution >= 0.6 is 11.6 Å². The lowest BCUT2D eigenvalue weighted by molar-refractivity contribution is -0.136. The summed E-state index contributed by atoms with van der Waals surface area (Å²) in [4.78, 5) is 23.6. The van der Waals surface area contributed by atoms with Gasteiger partial charge in [0.15, 0.2) is 0 Å². The molecule has 0 saturated carbocycles. The van der Waals surface area contributed by atoms with E-state index in [0.717, 1.165) is 19.3 Å². The SMILES string of the molecule is CCCCc1ccc(NC(=O)C(=O)N/N=C/c2ccccc2Cl)cc1. The van der Waals surface area contributed by atoms with Gasteiger partial charge < -0.3 is 5.32 Å². The third-order valence-electron chi connectivity index (χ3n) is 3.51. The Bertz CT molecular complexity index is 758. The van der Waals surface area contributed by atoms with E-state index in [0.29, 0.717) is 16.3 Å². The van der Waals surface area contributed by atoms with Crippen molar-refractivity contribution in [2.24, 2.45) is 5.10 Å². The van der Waals surface area contributed by atoms with Gasteiger partial charge in [0.1, 0.15) is 0 Å². The number of hydrogen-bond acceptors (Lipinski definition) is 3. The van der Waals surface area contributed by atoms with Gasteiger partial charge in [-0.1, -0.05) is 55.3 Å². The van der Waals surface area contributed by atoms with Crippen LogP contribution in [0.15, 0.2) is 53.6 Å². The number of carbonyl (C=O) groups is 2. The Morgan fingerprint density at radius 2 is 1.80 bits per heavy atom. The summed E-state index contributed by atoms with van der Waals surface area (Å²) in [6, 6.07) is 14.5. The first-order valence-corrected chi connectivity index (χ1v) is 8.46. The predicted octanol–water partition coefficient (Wildman–Crippen LogP) is 3.77. The summed E-state index contributed by atoms with van der Waals surface area (Å²) in [5.41, 5.74) is 4.59. The van der Waals surface area contributed by atoms with Crippen LogP contribution in [0.1, 0.15) is 30.9 Å². The molecule has 6 heteroatoms. The normalized spacial score (nSPS) is 10.6. The highest BCUT2D eigenvalue weighted by atomic mass is 35.5.